The van der Waals surface area contributed by atoms with Crippen LogP contribution in [0.3, 0.4) is 0 Å². The zero-order chi connectivity index (χ0) is 13.0. The maximum atomic E-state index is 6.14. The van der Waals surface area contributed by atoms with E-state index in [4.69, 9.17) is 10.7 Å². The van der Waals surface area contributed by atoms with Crippen LogP contribution < -0.4 is 5.73 Å². The lowest BCUT2D eigenvalue weighted by atomic mass is 9.64. The Balaban J connectivity index is 1.87. The molecule has 1 heterocycles. The highest BCUT2D eigenvalue weighted by molar-refractivity contribution is 5.78. The molecule has 104 valence electrons. The number of aliphatic imine (C=N–C) groups is 1. The van der Waals surface area contributed by atoms with Crippen molar-refractivity contribution >= 4 is 5.96 Å². The number of nitrogens with two attached hydrogens (primary N) is 1. The van der Waals surface area contributed by atoms with Gasteiger partial charge in [0.05, 0.1) is 0 Å². The van der Waals surface area contributed by atoms with Crippen molar-refractivity contribution in [2.45, 2.75) is 58.8 Å². The van der Waals surface area contributed by atoms with Crippen LogP contribution in [0.15, 0.2) is 4.99 Å². The van der Waals surface area contributed by atoms with E-state index >= 15 is 0 Å². The SMILES string of the molecule is CC(C)CC1(CN=C(N)N2CCCCC2)CCC1. The lowest BCUT2D eigenvalue weighted by molar-refractivity contribution is 0.111. The fourth-order valence-corrected chi connectivity index (χ4v) is 3.44. The van der Waals surface area contributed by atoms with Crippen molar-refractivity contribution in [3.05, 3.63) is 0 Å². The van der Waals surface area contributed by atoms with Crippen molar-refractivity contribution in [1.29, 1.82) is 0 Å². The summed E-state index contributed by atoms with van der Waals surface area (Å²) in [4.78, 5) is 6.98. The highest BCUT2D eigenvalue weighted by Crippen LogP contribution is 2.46. The van der Waals surface area contributed by atoms with Gasteiger partial charge in [0.15, 0.2) is 5.96 Å². The van der Waals surface area contributed by atoms with E-state index < -0.39 is 0 Å². The van der Waals surface area contributed by atoms with Crippen molar-refractivity contribution in [1.82, 2.24) is 4.90 Å². The van der Waals surface area contributed by atoms with Crippen molar-refractivity contribution in [3.63, 3.8) is 0 Å². The Morgan fingerprint density at radius 2 is 1.83 bits per heavy atom. The van der Waals surface area contributed by atoms with Crippen LogP contribution in [0.2, 0.25) is 0 Å². The zero-order valence-electron chi connectivity index (χ0n) is 12.1. The number of guanidine groups is 1. The molecule has 18 heavy (non-hydrogen) atoms. The zero-order valence-corrected chi connectivity index (χ0v) is 12.1. The Morgan fingerprint density at radius 1 is 1.17 bits per heavy atom. The molecular weight excluding hydrogens is 222 g/mol. The van der Waals surface area contributed by atoms with E-state index in [9.17, 15) is 0 Å². The summed E-state index contributed by atoms with van der Waals surface area (Å²) in [5, 5.41) is 0. The highest BCUT2D eigenvalue weighted by Gasteiger charge is 2.37. The summed E-state index contributed by atoms with van der Waals surface area (Å²) in [6.07, 6.45) is 9.28. The average Bonchev–Trinajstić information content (AvgIpc) is 2.32. The van der Waals surface area contributed by atoms with Gasteiger partial charge in [-0.1, -0.05) is 20.3 Å². The van der Waals surface area contributed by atoms with Gasteiger partial charge in [0, 0.05) is 19.6 Å². The number of nitrogens with zero attached hydrogens (tertiary/aromatic N) is 2. The first-order valence-corrected chi connectivity index (χ1v) is 7.66. The van der Waals surface area contributed by atoms with Crippen LogP contribution >= 0.6 is 0 Å². The molecule has 3 heteroatoms. The Bertz CT molecular complexity index is 286. The number of likely N-dealkylation sites (tertiary alicyclic amines) is 1. The Kier molecular flexibility index (Phi) is 4.52. The quantitative estimate of drug-likeness (QED) is 0.616. The minimum absolute atomic E-state index is 0.481. The standard InChI is InChI=1S/C15H29N3/c1-13(2)11-15(7-6-8-15)12-17-14(16)18-9-4-3-5-10-18/h13H,3-12H2,1-2H3,(H2,16,17). The molecule has 0 aromatic carbocycles. The summed E-state index contributed by atoms with van der Waals surface area (Å²) in [6, 6.07) is 0. The van der Waals surface area contributed by atoms with Crippen LogP contribution in [0.25, 0.3) is 0 Å². The molecule has 0 amide bonds. The number of hydrogen-bond acceptors (Lipinski definition) is 1. The van der Waals surface area contributed by atoms with Crippen molar-refractivity contribution in [2.24, 2.45) is 22.1 Å². The average molecular weight is 251 g/mol. The summed E-state index contributed by atoms with van der Waals surface area (Å²) < 4.78 is 0. The van der Waals surface area contributed by atoms with Gasteiger partial charge >= 0.3 is 0 Å². The van der Waals surface area contributed by atoms with E-state index in [-0.39, 0.29) is 0 Å². The monoisotopic (exact) mass is 251 g/mol. The van der Waals surface area contributed by atoms with E-state index in [2.05, 4.69) is 18.7 Å². The second-order valence-electron chi connectivity index (χ2n) is 6.67. The van der Waals surface area contributed by atoms with Gasteiger partial charge in [0.25, 0.3) is 0 Å². The fourth-order valence-electron chi connectivity index (χ4n) is 3.44. The summed E-state index contributed by atoms with van der Waals surface area (Å²) in [6.45, 7) is 7.79. The van der Waals surface area contributed by atoms with Gasteiger partial charge in [-0.3, -0.25) is 4.99 Å². The number of rotatable bonds is 4. The van der Waals surface area contributed by atoms with E-state index in [1.54, 1.807) is 0 Å². The molecule has 3 nitrogen and oxygen atoms in total. The van der Waals surface area contributed by atoms with Gasteiger partial charge in [0.2, 0.25) is 0 Å². The molecule has 0 aromatic rings. The van der Waals surface area contributed by atoms with Gasteiger partial charge in [-0.2, -0.15) is 0 Å². The first-order valence-electron chi connectivity index (χ1n) is 7.66. The molecule has 0 unspecified atom stereocenters. The minimum atomic E-state index is 0.481. The van der Waals surface area contributed by atoms with Crippen LogP contribution in [0, 0.1) is 11.3 Å². The normalized spacial score (nSPS) is 24.2. The molecule has 0 spiro atoms. The first kappa shape index (κ1) is 13.7. The van der Waals surface area contributed by atoms with Gasteiger partial charge in [-0.15, -0.1) is 0 Å². The molecule has 0 radical (unpaired) electrons. The summed E-state index contributed by atoms with van der Waals surface area (Å²) >= 11 is 0. The molecule has 1 aliphatic heterocycles. The van der Waals surface area contributed by atoms with Crippen LogP contribution in [-0.4, -0.2) is 30.5 Å². The van der Waals surface area contributed by atoms with E-state index in [0.717, 1.165) is 31.5 Å². The molecule has 2 aliphatic rings. The lowest BCUT2D eigenvalue weighted by Crippen LogP contribution is -2.42. The molecule has 2 fully saturated rings. The van der Waals surface area contributed by atoms with Gasteiger partial charge in [-0.25, -0.2) is 0 Å². The molecule has 1 aliphatic carbocycles. The Labute approximate surface area is 112 Å². The largest absolute Gasteiger partial charge is 0.370 e. The van der Waals surface area contributed by atoms with E-state index in [1.165, 1.54) is 44.9 Å². The van der Waals surface area contributed by atoms with Crippen molar-refractivity contribution in [2.75, 3.05) is 19.6 Å². The molecule has 1 saturated heterocycles. The third-order valence-electron chi connectivity index (χ3n) is 4.51. The summed E-state index contributed by atoms with van der Waals surface area (Å²) in [5.74, 6) is 1.57. The van der Waals surface area contributed by atoms with E-state index in [0.29, 0.717) is 5.41 Å². The molecule has 0 bridgehead atoms. The first-order chi connectivity index (χ1) is 8.61. The maximum absolute atomic E-state index is 6.14. The summed E-state index contributed by atoms with van der Waals surface area (Å²) in [5.41, 5.74) is 6.62. The smallest absolute Gasteiger partial charge is 0.191 e. The molecule has 0 aromatic heterocycles. The third kappa shape index (κ3) is 3.39. The van der Waals surface area contributed by atoms with E-state index in [1.807, 2.05) is 0 Å². The molecule has 0 atom stereocenters. The number of hydrogen-bond donors (Lipinski definition) is 1. The van der Waals surface area contributed by atoms with Gasteiger partial charge in [0.1, 0.15) is 0 Å². The predicted molar refractivity (Wildman–Crippen MR) is 77.7 cm³/mol. The molecule has 2 rings (SSSR count). The second-order valence-corrected chi connectivity index (χ2v) is 6.67. The topological polar surface area (TPSA) is 41.6 Å². The fraction of sp³-hybridized carbons (Fsp3) is 0.933. The van der Waals surface area contributed by atoms with Crippen LogP contribution in [-0.2, 0) is 0 Å². The molecule has 2 N–H and O–H groups in total. The lowest BCUT2D eigenvalue weighted by Gasteiger charge is -2.42. The minimum Gasteiger partial charge on any atom is -0.370 e. The summed E-state index contributed by atoms with van der Waals surface area (Å²) in [7, 11) is 0. The van der Waals surface area contributed by atoms with Gasteiger partial charge < -0.3 is 10.6 Å². The number of piperidine rings is 1. The second kappa shape index (κ2) is 5.94. The maximum Gasteiger partial charge on any atom is 0.191 e. The predicted octanol–water partition coefficient (Wildman–Crippen LogP) is 3.00. The molecule has 1 saturated carbocycles. The Hall–Kier alpha value is -0.730. The van der Waals surface area contributed by atoms with Crippen LogP contribution in [0.1, 0.15) is 58.8 Å². The third-order valence-corrected chi connectivity index (χ3v) is 4.51. The molecular formula is C15H29N3. The van der Waals surface area contributed by atoms with Gasteiger partial charge in [-0.05, 0) is 49.9 Å². The van der Waals surface area contributed by atoms with Crippen LogP contribution in [0.4, 0.5) is 0 Å². The Morgan fingerprint density at radius 3 is 2.33 bits per heavy atom. The van der Waals surface area contributed by atoms with Crippen LogP contribution in [0.5, 0.6) is 0 Å². The highest BCUT2D eigenvalue weighted by atomic mass is 15.3. The van der Waals surface area contributed by atoms with Crippen molar-refractivity contribution < 1.29 is 0 Å². The van der Waals surface area contributed by atoms with Crippen molar-refractivity contribution in [3.8, 4) is 0 Å².